The highest BCUT2D eigenvalue weighted by atomic mass is 32.2. The van der Waals surface area contributed by atoms with E-state index in [0.29, 0.717) is 11.4 Å². The zero-order valence-corrected chi connectivity index (χ0v) is 12.0. The van der Waals surface area contributed by atoms with E-state index in [2.05, 4.69) is 15.0 Å². The van der Waals surface area contributed by atoms with Gasteiger partial charge in [0.15, 0.2) is 0 Å². The molecule has 0 unspecified atom stereocenters. The molecule has 0 amide bonds. The lowest BCUT2D eigenvalue weighted by Crippen LogP contribution is -2.19. The molecule has 0 aliphatic rings. The highest BCUT2D eigenvalue weighted by Crippen LogP contribution is 2.23. The maximum absolute atomic E-state index is 11.8. The van der Waals surface area contributed by atoms with E-state index in [9.17, 15) is 8.42 Å². The second kappa shape index (κ2) is 4.83. The van der Waals surface area contributed by atoms with Crippen molar-refractivity contribution in [1.82, 2.24) is 19.7 Å². The highest BCUT2D eigenvalue weighted by Gasteiger charge is 2.15. The Morgan fingerprint density at radius 1 is 1.19 bits per heavy atom. The lowest BCUT2D eigenvalue weighted by molar-refractivity contribution is 0.588. The quantitative estimate of drug-likeness (QED) is 0.700. The molecule has 1 heterocycles. The largest absolute Gasteiger partial charge is 0.397 e. The molecule has 108 valence electrons. The summed E-state index contributed by atoms with van der Waals surface area (Å²) in [4.78, 5) is 0.107. The molecule has 3 aromatic rings. The normalized spacial score (nSPS) is 11.9. The van der Waals surface area contributed by atoms with E-state index in [4.69, 9.17) is 5.73 Å². The molecule has 8 heteroatoms. The Bertz CT molecular complexity index is 917. The molecule has 0 fully saturated rings. The maximum atomic E-state index is 11.8. The average molecular weight is 303 g/mol. The van der Waals surface area contributed by atoms with Crippen LogP contribution in [0, 0.1) is 0 Å². The molecular formula is C13H13N5O2S. The van der Waals surface area contributed by atoms with Crippen molar-refractivity contribution >= 4 is 26.7 Å². The van der Waals surface area contributed by atoms with E-state index in [1.807, 2.05) is 24.3 Å². The summed E-state index contributed by atoms with van der Waals surface area (Å²) in [6.07, 6.45) is 0. The first kappa shape index (κ1) is 13.5. The number of hydrogen-bond donors (Lipinski definition) is 2. The number of para-hydroxylation sites is 1. The minimum Gasteiger partial charge on any atom is -0.397 e. The first-order chi connectivity index (χ1) is 10.0. The van der Waals surface area contributed by atoms with Crippen LogP contribution < -0.4 is 10.5 Å². The van der Waals surface area contributed by atoms with E-state index in [1.165, 1.54) is 19.2 Å². The Morgan fingerprint density at radius 2 is 1.95 bits per heavy atom. The molecule has 3 N–H and O–H groups in total. The van der Waals surface area contributed by atoms with Gasteiger partial charge < -0.3 is 5.73 Å². The van der Waals surface area contributed by atoms with E-state index >= 15 is 0 Å². The number of rotatable bonds is 3. The number of nitrogens with two attached hydrogens (primary N) is 1. The number of nitrogen functional groups attached to an aromatic ring is 1. The molecule has 0 saturated heterocycles. The first-order valence-corrected chi connectivity index (χ1v) is 7.65. The van der Waals surface area contributed by atoms with Crippen molar-refractivity contribution in [3.63, 3.8) is 0 Å². The van der Waals surface area contributed by atoms with Gasteiger partial charge in [-0.3, -0.25) is 0 Å². The minimum atomic E-state index is -3.52. The Hall–Kier alpha value is -2.45. The standard InChI is InChI=1S/C13H13N5O2S/c1-15-21(19,20)9-6-7-12(10(14)8-9)18-13-5-3-2-4-11(13)16-17-18/h2-8,15H,14H2,1H3. The van der Waals surface area contributed by atoms with Crippen LogP contribution in [0.3, 0.4) is 0 Å². The summed E-state index contributed by atoms with van der Waals surface area (Å²) >= 11 is 0. The Morgan fingerprint density at radius 3 is 2.67 bits per heavy atom. The first-order valence-electron chi connectivity index (χ1n) is 6.17. The molecule has 0 saturated carbocycles. The molecule has 3 rings (SSSR count). The van der Waals surface area contributed by atoms with Crippen LogP contribution in [-0.4, -0.2) is 30.5 Å². The van der Waals surface area contributed by atoms with Crippen LogP contribution in [-0.2, 0) is 10.0 Å². The van der Waals surface area contributed by atoms with Gasteiger partial charge in [0.05, 0.1) is 21.8 Å². The van der Waals surface area contributed by atoms with Crippen molar-refractivity contribution in [2.45, 2.75) is 4.90 Å². The summed E-state index contributed by atoms with van der Waals surface area (Å²) in [6, 6.07) is 11.9. The van der Waals surface area contributed by atoms with E-state index in [1.54, 1.807) is 10.7 Å². The van der Waals surface area contributed by atoms with Crippen molar-refractivity contribution in [1.29, 1.82) is 0 Å². The number of benzene rings is 2. The molecule has 1 aromatic heterocycles. The third kappa shape index (κ3) is 2.24. The van der Waals surface area contributed by atoms with Gasteiger partial charge in [0, 0.05) is 0 Å². The molecule has 0 aliphatic heterocycles. The van der Waals surface area contributed by atoms with Gasteiger partial charge in [-0.2, -0.15) is 0 Å². The SMILES string of the molecule is CNS(=O)(=O)c1ccc(-n2nnc3ccccc32)c(N)c1. The maximum Gasteiger partial charge on any atom is 0.240 e. The number of sulfonamides is 1. The van der Waals surface area contributed by atoms with Crippen LogP contribution in [0.4, 0.5) is 5.69 Å². The van der Waals surface area contributed by atoms with E-state index in [0.717, 1.165) is 11.0 Å². The second-order valence-electron chi connectivity index (χ2n) is 4.42. The zero-order chi connectivity index (χ0) is 15.0. The van der Waals surface area contributed by atoms with Gasteiger partial charge in [-0.25, -0.2) is 17.8 Å². The summed E-state index contributed by atoms with van der Waals surface area (Å²) in [6.45, 7) is 0. The second-order valence-corrected chi connectivity index (χ2v) is 6.30. The van der Waals surface area contributed by atoms with Crippen LogP contribution >= 0.6 is 0 Å². The average Bonchev–Trinajstić information content (AvgIpc) is 2.91. The fraction of sp³-hybridized carbons (Fsp3) is 0.0769. The van der Waals surface area contributed by atoms with Gasteiger partial charge >= 0.3 is 0 Å². The smallest absolute Gasteiger partial charge is 0.240 e. The molecular weight excluding hydrogens is 290 g/mol. The van der Waals surface area contributed by atoms with E-state index in [-0.39, 0.29) is 4.90 Å². The van der Waals surface area contributed by atoms with Crippen LogP contribution in [0.1, 0.15) is 0 Å². The van der Waals surface area contributed by atoms with Crippen molar-refractivity contribution in [3.8, 4) is 5.69 Å². The molecule has 0 atom stereocenters. The van der Waals surface area contributed by atoms with Crippen LogP contribution in [0.25, 0.3) is 16.7 Å². The van der Waals surface area contributed by atoms with Crippen LogP contribution in [0.2, 0.25) is 0 Å². The van der Waals surface area contributed by atoms with Gasteiger partial charge in [-0.1, -0.05) is 17.3 Å². The number of fused-ring (bicyclic) bond motifs is 1. The number of nitrogens with zero attached hydrogens (tertiary/aromatic N) is 3. The Balaban J connectivity index is 2.16. The van der Waals surface area contributed by atoms with Crippen LogP contribution in [0.15, 0.2) is 47.4 Å². The summed E-state index contributed by atoms with van der Waals surface area (Å²) in [7, 11) is -2.17. The molecule has 21 heavy (non-hydrogen) atoms. The topological polar surface area (TPSA) is 103 Å². The van der Waals surface area contributed by atoms with Gasteiger partial charge in [0.2, 0.25) is 10.0 Å². The van der Waals surface area contributed by atoms with Crippen molar-refractivity contribution in [3.05, 3.63) is 42.5 Å². The zero-order valence-electron chi connectivity index (χ0n) is 11.2. The fourth-order valence-corrected chi connectivity index (χ4v) is 2.82. The number of nitrogens with one attached hydrogen (secondary N) is 1. The van der Waals surface area contributed by atoms with Gasteiger partial charge in [0.1, 0.15) is 5.52 Å². The summed E-state index contributed by atoms with van der Waals surface area (Å²) < 4.78 is 27.4. The summed E-state index contributed by atoms with van der Waals surface area (Å²) in [5.41, 5.74) is 8.40. The number of anilines is 1. The monoisotopic (exact) mass is 303 g/mol. The van der Waals surface area contributed by atoms with Crippen molar-refractivity contribution in [2.24, 2.45) is 0 Å². The predicted molar refractivity (Wildman–Crippen MR) is 79.5 cm³/mol. The minimum absolute atomic E-state index is 0.107. The number of aromatic nitrogens is 3. The molecule has 0 spiro atoms. The fourth-order valence-electron chi connectivity index (χ4n) is 2.06. The van der Waals surface area contributed by atoms with E-state index < -0.39 is 10.0 Å². The molecule has 0 radical (unpaired) electrons. The third-order valence-electron chi connectivity index (χ3n) is 3.16. The van der Waals surface area contributed by atoms with Gasteiger partial charge in [0.25, 0.3) is 0 Å². The Labute approximate surface area is 121 Å². The van der Waals surface area contributed by atoms with Crippen LogP contribution in [0.5, 0.6) is 0 Å². The molecule has 7 nitrogen and oxygen atoms in total. The lowest BCUT2D eigenvalue weighted by Gasteiger charge is -2.09. The predicted octanol–water partition coefficient (Wildman–Crippen LogP) is 0.911. The lowest BCUT2D eigenvalue weighted by atomic mass is 10.2. The molecule has 0 aliphatic carbocycles. The number of hydrogen-bond acceptors (Lipinski definition) is 5. The summed E-state index contributed by atoms with van der Waals surface area (Å²) in [5, 5.41) is 8.11. The van der Waals surface area contributed by atoms with Gasteiger partial charge in [-0.15, -0.1) is 5.10 Å². The highest BCUT2D eigenvalue weighted by molar-refractivity contribution is 7.89. The van der Waals surface area contributed by atoms with Crippen molar-refractivity contribution in [2.75, 3.05) is 12.8 Å². The van der Waals surface area contributed by atoms with Crippen molar-refractivity contribution < 1.29 is 8.42 Å². The molecule has 2 aromatic carbocycles. The van der Waals surface area contributed by atoms with Gasteiger partial charge in [-0.05, 0) is 37.4 Å². The Kier molecular flexibility index (Phi) is 3.11. The third-order valence-corrected chi connectivity index (χ3v) is 4.57. The molecule has 0 bridgehead atoms. The summed E-state index contributed by atoms with van der Waals surface area (Å²) in [5.74, 6) is 0.